The fourth-order valence-corrected chi connectivity index (χ4v) is 2.43. The van der Waals surface area contributed by atoms with Crippen LogP contribution in [-0.4, -0.2) is 20.5 Å². The van der Waals surface area contributed by atoms with E-state index in [4.69, 9.17) is 11.6 Å². The highest BCUT2D eigenvalue weighted by atomic mass is 35.5. The van der Waals surface area contributed by atoms with Gasteiger partial charge < -0.3 is 9.64 Å². The van der Waals surface area contributed by atoms with Crippen molar-refractivity contribution in [1.82, 2.24) is 0 Å². The van der Waals surface area contributed by atoms with Crippen molar-refractivity contribution in [2.75, 3.05) is 19.0 Å². The van der Waals surface area contributed by atoms with Gasteiger partial charge in [0.1, 0.15) is 5.75 Å². The molecule has 0 saturated heterocycles. The predicted molar refractivity (Wildman–Crippen MR) is 77.9 cm³/mol. The number of benzene rings is 2. The van der Waals surface area contributed by atoms with Gasteiger partial charge in [0, 0.05) is 25.2 Å². The van der Waals surface area contributed by atoms with Gasteiger partial charge in [-0.15, -0.1) is 13.2 Å². The second-order valence-corrected chi connectivity index (χ2v) is 4.98. The fraction of sp³-hybridized carbons (Fsp3) is 0.200. The molecule has 6 heteroatoms. The van der Waals surface area contributed by atoms with Gasteiger partial charge >= 0.3 is 6.36 Å². The first kappa shape index (κ1) is 15.5. The first-order valence-corrected chi connectivity index (χ1v) is 6.48. The Morgan fingerprint density at radius 3 is 2.19 bits per heavy atom. The smallest absolute Gasteiger partial charge is 0.405 e. The molecule has 0 unspecified atom stereocenters. The van der Waals surface area contributed by atoms with Crippen LogP contribution in [0.2, 0.25) is 5.02 Å². The van der Waals surface area contributed by atoms with Crippen LogP contribution in [0, 0.1) is 0 Å². The zero-order valence-corrected chi connectivity index (χ0v) is 12.2. The molecule has 21 heavy (non-hydrogen) atoms. The zero-order valence-electron chi connectivity index (χ0n) is 11.4. The molecule has 0 N–H and O–H groups in total. The third-order valence-electron chi connectivity index (χ3n) is 2.84. The first-order chi connectivity index (χ1) is 9.79. The number of rotatable bonds is 3. The molecule has 112 valence electrons. The molecule has 2 aromatic rings. The van der Waals surface area contributed by atoms with Crippen molar-refractivity contribution < 1.29 is 17.9 Å². The molecule has 2 aromatic carbocycles. The number of para-hydroxylation sites is 2. The average molecular weight is 316 g/mol. The van der Waals surface area contributed by atoms with Gasteiger partial charge in [-0.3, -0.25) is 0 Å². The van der Waals surface area contributed by atoms with Crippen molar-refractivity contribution in [3.05, 3.63) is 47.5 Å². The minimum atomic E-state index is -4.74. The van der Waals surface area contributed by atoms with Crippen molar-refractivity contribution in [2.45, 2.75) is 6.36 Å². The molecule has 0 spiro atoms. The van der Waals surface area contributed by atoms with Gasteiger partial charge in [0.05, 0.1) is 10.7 Å². The van der Waals surface area contributed by atoms with Gasteiger partial charge in [-0.2, -0.15) is 0 Å². The van der Waals surface area contributed by atoms with Gasteiger partial charge in [0.2, 0.25) is 0 Å². The topological polar surface area (TPSA) is 12.5 Å². The van der Waals surface area contributed by atoms with E-state index in [1.165, 1.54) is 12.1 Å². The molecular weight excluding hydrogens is 303 g/mol. The highest BCUT2D eigenvalue weighted by Gasteiger charge is 2.32. The van der Waals surface area contributed by atoms with Crippen molar-refractivity contribution in [2.24, 2.45) is 0 Å². The normalized spacial score (nSPS) is 11.3. The minimum Gasteiger partial charge on any atom is -0.405 e. The maximum atomic E-state index is 12.5. The van der Waals surface area contributed by atoms with Crippen LogP contribution in [0.3, 0.4) is 0 Å². The van der Waals surface area contributed by atoms with E-state index in [1.54, 1.807) is 49.3 Å². The number of anilines is 1. The average Bonchev–Trinajstić information content (AvgIpc) is 2.36. The van der Waals surface area contributed by atoms with Crippen molar-refractivity contribution in [3.8, 4) is 16.9 Å². The van der Waals surface area contributed by atoms with Crippen LogP contribution < -0.4 is 9.64 Å². The maximum Gasteiger partial charge on any atom is 0.573 e. The Labute approximate surface area is 125 Å². The quantitative estimate of drug-likeness (QED) is 0.792. The molecule has 0 amide bonds. The van der Waals surface area contributed by atoms with E-state index >= 15 is 0 Å². The Morgan fingerprint density at radius 2 is 1.57 bits per heavy atom. The summed E-state index contributed by atoms with van der Waals surface area (Å²) in [4.78, 5) is 1.75. The summed E-state index contributed by atoms with van der Waals surface area (Å²) in [6.45, 7) is 0. The Balaban J connectivity index is 2.60. The highest BCUT2D eigenvalue weighted by molar-refractivity contribution is 6.34. The standard InChI is InChI=1S/C15H13ClF3NO/c1-20(2)14-11(7-5-8-12(14)16)10-6-3-4-9-13(10)21-15(17,18)19/h3-9H,1-2H3. The molecular formula is C15H13ClF3NO. The van der Waals surface area contributed by atoms with Crippen molar-refractivity contribution >= 4 is 17.3 Å². The molecule has 0 aliphatic rings. The molecule has 0 fully saturated rings. The zero-order chi connectivity index (χ0) is 15.6. The second-order valence-electron chi connectivity index (χ2n) is 4.57. The highest BCUT2D eigenvalue weighted by Crippen LogP contribution is 2.41. The van der Waals surface area contributed by atoms with Gasteiger partial charge in [0.25, 0.3) is 0 Å². The summed E-state index contributed by atoms with van der Waals surface area (Å²) in [5.74, 6) is -0.254. The molecule has 0 saturated carbocycles. The van der Waals surface area contributed by atoms with Crippen LogP contribution in [0.15, 0.2) is 42.5 Å². The maximum absolute atomic E-state index is 12.5. The number of hydrogen-bond donors (Lipinski definition) is 0. The summed E-state index contributed by atoms with van der Waals surface area (Å²) < 4.78 is 41.7. The minimum absolute atomic E-state index is 0.254. The molecule has 0 aliphatic heterocycles. The summed E-state index contributed by atoms with van der Waals surface area (Å²) in [7, 11) is 3.55. The molecule has 0 aromatic heterocycles. The molecule has 0 bridgehead atoms. The SMILES string of the molecule is CN(C)c1c(Cl)cccc1-c1ccccc1OC(F)(F)F. The van der Waals surface area contributed by atoms with E-state index in [0.29, 0.717) is 21.8 Å². The Bertz CT molecular complexity index is 641. The lowest BCUT2D eigenvalue weighted by atomic mass is 10.0. The summed E-state index contributed by atoms with van der Waals surface area (Å²) in [6, 6.07) is 11.1. The van der Waals surface area contributed by atoms with Crippen LogP contribution in [0.5, 0.6) is 5.75 Å². The summed E-state index contributed by atoms with van der Waals surface area (Å²) in [5.41, 5.74) is 1.55. The van der Waals surface area contributed by atoms with E-state index < -0.39 is 6.36 Å². The molecule has 0 heterocycles. The fourth-order valence-electron chi connectivity index (χ4n) is 2.09. The number of nitrogens with zero attached hydrogens (tertiary/aromatic N) is 1. The molecule has 2 nitrogen and oxygen atoms in total. The predicted octanol–water partition coefficient (Wildman–Crippen LogP) is 4.97. The molecule has 0 radical (unpaired) electrons. The van der Waals surface area contributed by atoms with Crippen LogP contribution in [0.4, 0.5) is 18.9 Å². The Hall–Kier alpha value is -1.88. The largest absolute Gasteiger partial charge is 0.573 e. The lowest BCUT2D eigenvalue weighted by molar-refractivity contribution is -0.274. The van der Waals surface area contributed by atoms with E-state index in [0.717, 1.165) is 0 Å². The third-order valence-corrected chi connectivity index (χ3v) is 3.14. The second kappa shape index (κ2) is 5.85. The van der Waals surface area contributed by atoms with Crippen molar-refractivity contribution in [1.29, 1.82) is 0 Å². The van der Waals surface area contributed by atoms with Gasteiger partial charge in [0.15, 0.2) is 0 Å². The third kappa shape index (κ3) is 3.61. The summed E-state index contributed by atoms with van der Waals surface area (Å²) in [6.07, 6.45) is -4.74. The molecule has 0 aliphatic carbocycles. The van der Waals surface area contributed by atoms with Crippen LogP contribution in [0.25, 0.3) is 11.1 Å². The van der Waals surface area contributed by atoms with Crippen LogP contribution >= 0.6 is 11.6 Å². The summed E-state index contributed by atoms with van der Waals surface area (Å²) in [5, 5.41) is 0.458. The number of alkyl halides is 3. The van der Waals surface area contributed by atoms with Gasteiger partial charge in [-0.25, -0.2) is 0 Å². The molecule has 2 rings (SSSR count). The van der Waals surface area contributed by atoms with Gasteiger partial charge in [-0.05, 0) is 12.1 Å². The lowest BCUT2D eigenvalue weighted by Gasteiger charge is -2.21. The number of hydrogen-bond acceptors (Lipinski definition) is 2. The van der Waals surface area contributed by atoms with E-state index in [2.05, 4.69) is 4.74 Å². The first-order valence-electron chi connectivity index (χ1n) is 6.10. The van der Waals surface area contributed by atoms with Crippen LogP contribution in [-0.2, 0) is 0 Å². The lowest BCUT2D eigenvalue weighted by Crippen LogP contribution is -2.18. The Kier molecular flexibility index (Phi) is 4.32. The number of ether oxygens (including phenoxy) is 1. The summed E-state index contributed by atoms with van der Waals surface area (Å²) >= 11 is 6.16. The van der Waals surface area contributed by atoms with E-state index in [-0.39, 0.29) is 5.75 Å². The van der Waals surface area contributed by atoms with E-state index in [9.17, 15) is 13.2 Å². The Morgan fingerprint density at radius 1 is 0.952 bits per heavy atom. The van der Waals surface area contributed by atoms with Crippen LogP contribution in [0.1, 0.15) is 0 Å². The van der Waals surface area contributed by atoms with Crippen molar-refractivity contribution in [3.63, 3.8) is 0 Å². The molecule has 0 atom stereocenters. The monoisotopic (exact) mass is 315 g/mol. The van der Waals surface area contributed by atoms with Gasteiger partial charge in [-0.1, -0.05) is 41.9 Å². The number of halogens is 4. The van der Waals surface area contributed by atoms with E-state index in [1.807, 2.05) is 0 Å².